The molecule has 0 fully saturated rings. The minimum Gasteiger partial charge on any atom is -0.388 e. The SMILES string of the molecule is CCn1ncnc1CC(O)c1cccc(C(F)(F)F)c1. The van der Waals surface area contributed by atoms with E-state index in [4.69, 9.17) is 0 Å². The Morgan fingerprint density at radius 3 is 2.75 bits per heavy atom. The summed E-state index contributed by atoms with van der Waals surface area (Å²) in [5, 5.41) is 14.0. The molecule has 1 aromatic carbocycles. The number of alkyl halides is 3. The van der Waals surface area contributed by atoms with Crippen LogP contribution in [0.1, 0.15) is 30.0 Å². The van der Waals surface area contributed by atoms with Crippen LogP contribution in [0.2, 0.25) is 0 Å². The molecule has 1 N–H and O–H groups in total. The fraction of sp³-hybridized carbons (Fsp3) is 0.385. The Bertz CT molecular complexity index is 580. The van der Waals surface area contributed by atoms with E-state index in [1.165, 1.54) is 18.5 Å². The predicted molar refractivity (Wildman–Crippen MR) is 65.8 cm³/mol. The van der Waals surface area contributed by atoms with E-state index in [0.717, 1.165) is 12.1 Å². The monoisotopic (exact) mass is 285 g/mol. The van der Waals surface area contributed by atoms with Gasteiger partial charge in [0.05, 0.1) is 11.7 Å². The van der Waals surface area contributed by atoms with Gasteiger partial charge < -0.3 is 5.11 Å². The standard InChI is InChI=1S/C13H14F3N3O/c1-2-19-12(17-8-18-19)7-11(20)9-4-3-5-10(6-9)13(14,15)16/h3-6,8,11,20H,2,7H2,1H3. The number of halogens is 3. The van der Waals surface area contributed by atoms with Crippen molar-refractivity contribution in [3.63, 3.8) is 0 Å². The number of aliphatic hydroxyl groups is 1. The van der Waals surface area contributed by atoms with Gasteiger partial charge in [0.1, 0.15) is 12.2 Å². The van der Waals surface area contributed by atoms with Gasteiger partial charge in [-0.25, -0.2) is 4.98 Å². The molecular formula is C13H14F3N3O. The second kappa shape index (κ2) is 5.62. The van der Waals surface area contributed by atoms with Gasteiger partial charge in [0, 0.05) is 13.0 Å². The molecule has 108 valence electrons. The van der Waals surface area contributed by atoms with Crippen molar-refractivity contribution in [3.05, 3.63) is 47.5 Å². The first-order valence-electron chi connectivity index (χ1n) is 6.13. The second-order valence-electron chi connectivity index (χ2n) is 4.34. The average Bonchev–Trinajstić information content (AvgIpc) is 2.85. The summed E-state index contributed by atoms with van der Waals surface area (Å²) in [6.07, 6.45) is -3.99. The van der Waals surface area contributed by atoms with Crippen molar-refractivity contribution in [2.24, 2.45) is 0 Å². The Morgan fingerprint density at radius 2 is 2.10 bits per heavy atom. The molecule has 20 heavy (non-hydrogen) atoms. The van der Waals surface area contributed by atoms with Gasteiger partial charge in [-0.3, -0.25) is 4.68 Å². The van der Waals surface area contributed by atoms with E-state index in [2.05, 4.69) is 10.1 Å². The number of aromatic nitrogens is 3. The van der Waals surface area contributed by atoms with Crippen molar-refractivity contribution in [2.75, 3.05) is 0 Å². The van der Waals surface area contributed by atoms with E-state index in [0.29, 0.717) is 12.4 Å². The molecular weight excluding hydrogens is 271 g/mol. The lowest BCUT2D eigenvalue weighted by Crippen LogP contribution is -2.11. The van der Waals surface area contributed by atoms with Gasteiger partial charge in [0.2, 0.25) is 0 Å². The van der Waals surface area contributed by atoms with Crippen LogP contribution in [0.5, 0.6) is 0 Å². The van der Waals surface area contributed by atoms with Crippen LogP contribution in [0.4, 0.5) is 13.2 Å². The number of hydrogen-bond donors (Lipinski definition) is 1. The molecule has 0 aliphatic heterocycles. The molecule has 1 heterocycles. The Hall–Kier alpha value is -1.89. The molecule has 1 unspecified atom stereocenters. The Morgan fingerprint density at radius 1 is 1.35 bits per heavy atom. The highest BCUT2D eigenvalue weighted by molar-refractivity contribution is 5.27. The zero-order chi connectivity index (χ0) is 14.8. The zero-order valence-electron chi connectivity index (χ0n) is 10.8. The molecule has 0 aliphatic rings. The van der Waals surface area contributed by atoms with Crippen LogP contribution in [-0.4, -0.2) is 19.9 Å². The fourth-order valence-corrected chi connectivity index (χ4v) is 1.92. The van der Waals surface area contributed by atoms with Crippen molar-refractivity contribution in [1.29, 1.82) is 0 Å². The normalized spacial score (nSPS) is 13.4. The third-order valence-corrected chi connectivity index (χ3v) is 2.97. The number of aliphatic hydroxyl groups excluding tert-OH is 1. The molecule has 2 rings (SSSR count). The van der Waals surface area contributed by atoms with Crippen LogP contribution >= 0.6 is 0 Å². The fourth-order valence-electron chi connectivity index (χ4n) is 1.92. The summed E-state index contributed by atoms with van der Waals surface area (Å²) >= 11 is 0. The summed E-state index contributed by atoms with van der Waals surface area (Å²) < 4.78 is 39.5. The van der Waals surface area contributed by atoms with E-state index in [1.807, 2.05) is 6.92 Å². The number of aryl methyl sites for hydroxylation is 1. The van der Waals surface area contributed by atoms with Gasteiger partial charge in [-0.1, -0.05) is 12.1 Å². The van der Waals surface area contributed by atoms with Gasteiger partial charge in [-0.15, -0.1) is 0 Å². The van der Waals surface area contributed by atoms with Crippen LogP contribution < -0.4 is 0 Å². The van der Waals surface area contributed by atoms with Gasteiger partial charge in [-0.05, 0) is 24.6 Å². The molecule has 0 aliphatic carbocycles. The summed E-state index contributed by atoms with van der Waals surface area (Å²) in [5.74, 6) is 0.539. The average molecular weight is 285 g/mol. The van der Waals surface area contributed by atoms with E-state index in [9.17, 15) is 18.3 Å². The lowest BCUT2D eigenvalue weighted by Gasteiger charge is -2.13. The Kier molecular flexibility index (Phi) is 4.08. The van der Waals surface area contributed by atoms with Crippen LogP contribution in [0.15, 0.2) is 30.6 Å². The number of rotatable bonds is 4. The highest BCUT2D eigenvalue weighted by Gasteiger charge is 2.30. The number of hydrogen-bond acceptors (Lipinski definition) is 3. The maximum Gasteiger partial charge on any atom is 0.416 e. The molecule has 2 aromatic rings. The van der Waals surface area contributed by atoms with E-state index >= 15 is 0 Å². The van der Waals surface area contributed by atoms with E-state index in [-0.39, 0.29) is 12.0 Å². The maximum absolute atomic E-state index is 12.6. The Labute approximate surface area is 113 Å². The summed E-state index contributed by atoms with van der Waals surface area (Å²) in [4.78, 5) is 3.99. The van der Waals surface area contributed by atoms with E-state index < -0.39 is 17.8 Å². The van der Waals surface area contributed by atoms with Gasteiger partial charge in [0.15, 0.2) is 0 Å². The zero-order valence-corrected chi connectivity index (χ0v) is 10.8. The molecule has 0 saturated carbocycles. The first-order valence-corrected chi connectivity index (χ1v) is 6.13. The largest absolute Gasteiger partial charge is 0.416 e. The second-order valence-corrected chi connectivity index (χ2v) is 4.34. The van der Waals surface area contributed by atoms with E-state index in [1.54, 1.807) is 4.68 Å². The van der Waals surface area contributed by atoms with Gasteiger partial charge in [-0.2, -0.15) is 18.3 Å². The molecule has 0 spiro atoms. The smallest absolute Gasteiger partial charge is 0.388 e. The molecule has 0 radical (unpaired) electrons. The molecule has 1 aromatic heterocycles. The predicted octanol–water partition coefficient (Wildman–Crippen LogP) is 2.59. The van der Waals surface area contributed by atoms with Crippen molar-refractivity contribution < 1.29 is 18.3 Å². The molecule has 1 atom stereocenters. The lowest BCUT2D eigenvalue weighted by molar-refractivity contribution is -0.137. The first kappa shape index (κ1) is 14.5. The molecule has 0 saturated heterocycles. The molecule has 4 nitrogen and oxygen atoms in total. The highest BCUT2D eigenvalue weighted by Crippen LogP contribution is 2.31. The molecule has 0 amide bonds. The summed E-state index contributed by atoms with van der Waals surface area (Å²) in [5.41, 5.74) is -0.559. The Balaban J connectivity index is 2.19. The van der Waals surface area contributed by atoms with Crippen molar-refractivity contribution in [2.45, 2.75) is 32.2 Å². The minimum atomic E-state index is -4.42. The van der Waals surface area contributed by atoms with Crippen molar-refractivity contribution in [1.82, 2.24) is 14.8 Å². The maximum atomic E-state index is 12.6. The summed E-state index contributed by atoms with van der Waals surface area (Å²) in [6, 6.07) is 4.68. The summed E-state index contributed by atoms with van der Waals surface area (Å²) in [7, 11) is 0. The summed E-state index contributed by atoms with van der Waals surface area (Å²) in [6.45, 7) is 2.46. The van der Waals surface area contributed by atoms with Crippen LogP contribution in [0.25, 0.3) is 0 Å². The van der Waals surface area contributed by atoms with Crippen LogP contribution in [-0.2, 0) is 19.1 Å². The van der Waals surface area contributed by atoms with Crippen molar-refractivity contribution >= 4 is 0 Å². The minimum absolute atomic E-state index is 0.120. The highest BCUT2D eigenvalue weighted by atomic mass is 19.4. The number of nitrogens with zero attached hydrogens (tertiary/aromatic N) is 3. The number of benzene rings is 1. The first-order chi connectivity index (χ1) is 9.41. The third kappa shape index (κ3) is 3.16. The van der Waals surface area contributed by atoms with Gasteiger partial charge >= 0.3 is 6.18 Å². The van der Waals surface area contributed by atoms with Crippen molar-refractivity contribution in [3.8, 4) is 0 Å². The van der Waals surface area contributed by atoms with Crippen LogP contribution in [0.3, 0.4) is 0 Å². The quantitative estimate of drug-likeness (QED) is 0.939. The lowest BCUT2D eigenvalue weighted by atomic mass is 10.0. The van der Waals surface area contributed by atoms with Crippen LogP contribution in [0, 0.1) is 0 Å². The molecule has 0 bridgehead atoms. The third-order valence-electron chi connectivity index (χ3n) is 2.97. The van der Waals surface area contributed by atoms with Gasteiger partial charge in [0.25, 0.3) is 0 Å². The topological polar surface area (TPSA) is 50.9 Å². The molecule has 7 heteroatoms.